The molecule has 0 aromatic heterocycles. The van der Waals surface area contributed by atoms with E-state index in [9.17, 15) is 4.79 Å². The molecule has 0 spiro atoms. The third-order valence-corrected chi connectivity index (χ3v) is 13.8. The van der Waals surface area contributed by atoms with Crippen molar-refractivity contribution in [3.05, 3.63) is 24.3 Å². The van der Waals surface area contributed by atoms with Gasteiger partial charge in [0, 0.05) is 13.0 Å². The van der Waals surface area contributed by atoms with Gasteiger partial charge in [0.1, 0.15) is 0 Å². The highest BCUT2D eigenvalue weighted by atomic mass is 16.7. The van der Waals surface area contributed by atoms with E-state index in [1.807, 2.05) is 0 Å². The van der Waals surface area contributed by atoms with E-state index in [-0.39, 0.29) is 5.41 Å². The summed E-state index contributed by atoms with van der Waals surface area (Å²) in [5.74, 6) is 4.80. The van der Waals surface area contributed by atoms with Crippen LogP contribution in [0.25, 0.3) is 0 Å². The van der Waals surface area contributed by atoms with Crippen LogP contribution in [0.15, 0.2) is 24.3 Å². The fourth-order valence-electron chi connectivity index (χ4n) is 10.5. The molecular weight excluding hydrogens is 533 g/mol. The van der Waals surface area contributed by atoms with Crippen molar-refractivity contribution in [2.45, 2.75) is 150 Å². The van der Waals surface area contributed by atoms with Crippen LogP contribution in [-0.4, -0.2) is 36.5 Å². The van der Waals surface area contributed by atoms with Crippen LogP contribution in [0.3, 0.4) is 0 Å². The maximum atomic E-state index is 13.1. The van der Waals surface area contributed by atoms with Crippen molar-refractivity contribution in [3.8, 4) is 0 Å². The van der Waals surface area contributed by atoms with E-state index in [2.05, 4.69) is 80.3 Å². The molecule has 43 heavy (non-hydrogen) atoms. The SMILES string of the molecule is C=CCNC(=O)O[C@@]1(B2OC(C)(C)C(C)(C)O2)CC[C@@]2(C)C(=CC[C@H]3[C@@H]4CC[C@H]([C@H](C)CCCC(C)C)[C@@]4(C)CC[C@@H]32)C1. The molecule has 0 unspecified atom stereocenters. The van der Waals surface area contributed by atoms with E-state index < -0.39 is 29.9 Å². The highest BCUT2D eigenvalue weighted by Gasteiger charge is 2.66. The first kappa shape index (κ1) is 33.1. The van der Waals surface area contributed by atoms with Gasteiger partial charge in [0.05, 0.1) is 11.2 Å². The van der Waals surface area contributed by atoms with Gasteiger partial charge in [0.15, 0.2) is 5.50 Å². The maximum Gasteiger partial charge on any atom is 0.505 e. The van der Waals surface area contributed by atoms with Gasteiger partial charge in [0.2, 0.25) is 0 Å². The number of hydrogen-bond acceptors (Lipinski definition) is 4. The molecule has 8 atom stereocenters. The van der Waals surface area contributed by atoms with Crippen LogP contribution in [0.5, 0.6) is 0 Å². The normalized spacial score (nSPS) is 40.2. The second kappa shape index (κ2) is 11.8. The minimum absolute atomic E-state index is 0.138. The number of allylic oxidation sites excluding steroid dienone is 1. The summed E-state index contributed by atoms with van der Waals surface area (Å²) in [5.41, 5.74) is 0.259. The molecule has 1 heterocycles. The molecule has 0 aromatic carbocycles. The minimum Gasteiger partial charge on any atom is -0.445 e. The molecule has 0 radical (unpaired) electrons. The number of amides is 1. The lowest BCUT2D eigenvalue weighted by Crippen LogP contribution is -2.59. The monoisotopic (exact) mass is 595 g/mol. The minimum atomic E-state index is -0.846. The molecule has 3 saturated carbocycles. The largest absolute Gasteiger partial charge is 0.505 e. The van der Waals surface area contributed by atoms with Crippen molar-refractivity contribution >= 4 is 13.2 Å². The third-order valence-electron chi connectivity index (χ3n) is 13.8. The molecule has 6 heteroatoms. The van der Waals surface area contributed by atoms with Gasteiger partial charge in [-0.1, -0.05) is 71.6 Å². The molecule has 242 valence electrons. The highest BCUT2D eigenvalue weighted by Crippen LogP contribution is 2.68. The van der Waals surface area contributed by atoms with E-state index in [1.54, 1.807) is 6.08 Å². The summed E-state index contributed by atoms with van der Waals surface area (Å²) < 4.78 is 19.6. The Kier molecular flexibility index (Phi) is 9.11. The van der Waals surface area contributed by atoms with E-state index >= 15 is 0 Å². The summed E-state index contributed by atoms with van der Waals surface area (Å²) in [5, 5.41) is 2.85. The van der Waals surface area contributed by atoms with Crippen molar-refractivity contribution in [2.75, 3.05) is 6.54 Å². The number of carbonyl (C=O) groups excluding carboxylic acids is 1. The van der Waals surface area contributed by atoms with Gasteiger partial charge in [-0.2, -0.15) is 0 Å². The molecule has 0 aromatic rings. The zero-order chi connectivity index (χ0) is 31.4. The number of carbonyl (C=O) groups is 1. The second-order valence-electron chi connectivity index (χ2n) is 17.2. The Balaban J connectivity index is 1.37. The first-order valence-electron chi connectivity index (χ1n) is 17.7. The Morgan fingerprint density at radius 1 is 1.02 bits per heavy atom. The Morgan fingerprint density at radius 2 is 1.72 bits per heavy atom. The molecule has 1 N–H and O–H groups in total. The van der Waals surface area contributed by atoms with Crippen molar-refractivity contribution < 1.29 is 18.8 Å². The Labute approximate surface area is 263 Å². The van der Waals surface area contributed by atoms with E-state index in [1.165, 1.54) is 50.5 Å². The maximum absolute atomic E-state index is 13.1. The average Bonchev–Trinajstić information content (AvgIpc) is 3.39. The van der Waals surface area contributed by atoms with Gasteiger partial charge < -0.3 is 19.4 Å². The van der Waals surface area contributed by atoms with Crippen LogP contribution in [0.1, 0.15) is 133 Å². The first-order valence-corrected chi connectivity index (χ1v) is 17.7. The predicted octanol–water partition coefficient (Wildman–Crippen LogP) is 9.31. The standard InChI is InChI=1S/C37H62BNO4/c1-11-23-39-32(40)41-37(38-42-33(5,6)34(7,8)43-38)22-21-35(9)27(24-37)15-16-28-30-18-17-29(26(4)14-12-13-25(2)3)36(30,10)20-19-31(28)35/h11,15,25-26,28-31H,1,12-14,16-24H2,2-10H3,(H,39,40)/t26-,28+,29-,30+,31+,35+,36-,37+/m1/s1. The molecule has 5 aliphatic rings. The molecule has 1 aliphatic heterocycles. The Bertz CT molecular complexity index is 1070. The second-order valence-corrected chi connectivity index (χ2v) is 17.2. The molecule has 0 bridgehead atoms. The van der Waals surface area contributed by atoms with Gasteiger partial charge in [0.25, 0.3) is 0 Å². The summed E-state index contributed by atoms with van der Waals surface area (Å²) >= 11 is 0. The van der Waals surface area contributed by atoms with Crippen LogP contribution >= 0.6 is 0 Å². The number of fused-ring (bicyclic) bond motifs is 5. The summed E-state index contributed by atoms with van der Waals surface area (Å²) in [6.45, 7) is 24.9. The topological polar surface area (TPSA) is 56.8 Å². The zero-order valence-electron chi connectivity index (χ0n) is 29.0. The lowest BCUT2D eigenvalue weighted by Gasteiger charge is -2.59. The van der Waals surface area contributed by atoms with Crippen molar-refractivity contribution in [1.82, 2.24) is 5.32 Å². The van der Waals surface area contributed by atoms with Crippen LogP contribution in [0, 0.1) is 46.3 Å². The predicted molar refractivity (Wildman–Crippen MR) is 177 cm³/mol. The van der Waals surface area contributed by atoms with Crippen LogP contribution in [0.4, 0.5) is 4.79 Å². The first-order chi connectivity index (χ1) is 20.1. The number of alkyl carbamates (subject to hydrolysis) is 1. The fourth-order valence-corrected chi connectivity index (χ4v) is 10.5. The fraction of sp³-hybridized carbons (Fsp3) is 0.865. The summed E-state index contributed by atoms with van der Waals surface area (Å²) in [7, 11) is -0.599. The lowest BCUT2D eigenvalue weighted by atomic mass is 9.44. The van der Waals surface area contributed by atoms with Gasteiger partial charge in [-0.05, 0) is 119 Å². The summed E-state index contributed by atoms with van der Waals surface area (Å²) in [6.07, 6.45) is 17.1. The lowest BCUT2D eigenvalue weighted by molar-refractivity contribution is -0.0674. The average molecular weight is 596 g/mol. The number of rotatable bonds is 9. The summed E-state index contributed by atoms with van der Waals surface area (Å²) in [4.78, 5) is 13.1. The molecule has 1 saturated heterocycles. The Morgan fingerprint density at radius 3 is 2.37 bits per heavy atom. The van der Waals surface area contributed by atoms with E-state index in [4.69, 9.17) is 14.0 Å². The van der Waals surface area contributed by atoms with Gasteiger partial charge >= 0.3 is 13.2 Å². The molecule has 5 rings (SSSR count). The molecule has 4 fully saturated rings. The van der Waals surface area contributed by atoms with Crippen molar-refractivity contribution in [2.24, 2.45) is 46.3 Å². The van der Waals surface area contributed by atoms with E-state index in [0.717, 1.165) is 48.9 Å². The molecule has 1 amide bonds. The molecular formula is C37H62BNO4. The number of hydrogen-bond donors (Lipinski definition) is 1. The smallest absolute Gasteiger partial charge is 0.445 e. The van der Waals surface area contributed by atoms with E-state index in [0.29, 0.717) is 24.3 Å². The van der Waals surface area contributed by atoms with Crippen LogP contribution in [0.2, 0.25) is 0 Å². The van der Waals surface area contributed by atoms with Crippen molar-refractivity contribution in [3.63, 3.8) is 0 Å². The van der Waals surface area contributed by atoms with Crippen molar-refractivity contribution in [1.29, 1.82) is 0 Å². The number of ether oxygens (including phenoxy) is 1. The van der Waals surface area contributed by atoms with Gasteiger partial charge in [-0.3, -0.25) is 0 Å². The van der Waals surface area contributed by atoms with Gasteiger partial charge in [-0.25, -0.2) is 4.79 Å². The van der Waals surface area contributed by atoms with Crippen LogP contribution < -0.4 is 5.32 Å². The van der Waals surface area contributed by atoms with Crippen LogP contribution in [-0.2, 0) is 14.0 Å². The quantitative estimate of drug-likeness (QED) is 0.213. The zero-order valence-corrected chi connectivity index (χ0v) is 29.0. The summed E-state index contributed by atoms with van der Waals surface area (Å²) in [6, 6.07) is 0. The van der Waals surface area contributed by atoms with Gasteiger partial charge in [-0.15, -0.1) is 6.58 Å². The number of nitrogens with one attached hydrogen (secondary N) is 1. The molecule has 4 aliphatic carbocycles. The third kappa shape index (κ3) is 5.79. The molecule has 5 nitrogen and oxygen atoms in total. The Hall–Kier alpha value is -1.27. The highest BCUT2D eigenvalue weighted by molar-refractivity contribution is 6.49.